The number of aliphatic hydroxyl groups excluding tert-OH is 1. The summed E-state index contributed by atoms with van der Waals surface area (Å²) in [6.45, 7) is 4.51. The zero-order chi connectivity index (χ0) is 33.2. The van der Waals surface area contributed by atoms with Crippen molar-refractivity contribution in [1.82, 2.24) is 19.6 Å². The second-order valence-electron chi connectivity index (χ2n) is 11.5. The number of hydrogen-bond donors (Lipinski definition) is 1. The maximum atomic E-state index is 13.9. The molecule has 3 aromatic heterocycles. The Kier molecular flexibility index (Phi) is 8.96. The van der Waals surface area contributed by atoms with Crippen molar-refractivity contribution in [2.75, 3.05) is 11.5 Å². The smallest absolute Gasteiger partial charge is 0.301 e. The number of carbonyl (C=O) groups is 2. The van der Waals surface area contributed by atoms with Crippen LogP contribution in [0.15, 0.2) is 101 Å². The van der Waals surface area contributed by atoms with Gasteiger partial charge < -0.3 is 9.84 Å². The van der Waals surface area contributed by atoms with Gasteiger partial charge in [-0.15, -0.1) is 10.2 Å². The van der Waals surface area contributed by atoms with Gasteiger partial charge in [-0.3, -0.25) is 18.9 Å². The Morgan fingerprint density at radius 1 is 0.958 bits per heavy atom. The quantitative estimate of drug-likeness (QED) is 0.0366. The van der Waals surface area contributed by atoms with Gasteiger partial charge in [0, 0.05) is 11.9 Å². The van der Waals surface area contributed by atoms with E-state index in [1.807, 2.05) is 60.7 Å². The predicted molar refractivity (Wildman–Crippen MR) is 190 cm³/mol. The molecule has 1 amide bonds. The van der Waals surface area contributed by atoms with Crippen molar-refractivity contribution in [3.8, 4) is 5.75 Å². The molecular formula is C37H33N5O4S2. The minimum absolute atomic E-state index is 0.0366. The van der Waals surface area contributed by atoms with Crippen LogP contribution in [0.25, 0.3) is 22.2 Å². The molecule has 4 heterocycles. The molecule has 1 N–H and O–H groups in total. The van der Waals surface area contributed by atoms with Crippen molar-refractivity contribution in [3.05, 3.63) is 119 Å². The SMILES string of the molecule is CCCCCOc1ccc(C2/C(=C(\O)c3c(C)nc4ccccn34)C(=O)C(=O)N2c2nnc(SCc3cccc4ccccc34)s2)cc1. The van der Waals surface area contributed by atoms with E-state index in [-0.39, 0.29) is 16.5 Å². The van der Waals surface area contributed by atoms with Crippen LogP contribution in [0.5, 0.6) is 5.75 Å². The number of pyridine rings is 1. The summed E-state index contributed by atoms with van der Waals surface area (Å²) in [6, 6.07) is 26.3. The maximum absolute atomic E-state index is 13.9. The molecule has 0 saturated carbocycles. The van der Waals surface area contributed by atoms with Gasteiger partial charge in [0.15, 0.2) is 10.1 Å². The summed E-state index contributed by atoms with van der Waals surface area (Å²) >= 11 is 2.76. The van der Waals surface area contributed by atoms with Gasteiger partial charge in [-0.05, 0) is 59.5 Å². The molecule has 6 aromatic rings. The molecule has 1 saturated heterocycles. The number of unbranched alkanes of at least 4 members (excludes halogenated alkanes) is 2. The van der Waals surface area contributed by atoms with Crippen molar-refractivity contribution in [1.29, 1.82) is 0 Å². The third-order valence-electron chi connectivity index (χ3n) is 8.42. The largest absolute Gasteiger partial charge is 0.505 e. The Morgan fingerprint density at radius 2 is 1.75 bits per heavy atom. The molecule has 242 valence electrons. The highest BCUT2D eigenvalue weighted by Crippen LogP contribution is 2.45. The highest BCUT2D eigenvalue weighted by atomic mass is 32.2. The number of Topliss-reactive ketones (excluding diaryl/α,β-unsaturated/α-hetero) is 1. The average Bonchev–Trinajstić information content (AvgIpc) is 3.79. The fourth-order valence-corrected chi connectivity index (χ4v) is 7.95. The number of aryl methyl sites for hydroxylation is 1. The first kappa shape index (κ1) is 31.6. The van der Waals surface area contributed by atoms with E-state index in [1.54, 1.807) is 17.5 Å². The standard InChI is InChI=1S/C37H33N5O4S2/c1-3-4-9-21-46-27-18-16-25(17-19-27)32-30(33(43)31-23(2)38-29-15-7-8-20-41(29)31)34(44)35(45)42(32)36-39-40-37(48-36)47-22-26-13-10-12-24-11-5-6-14-28(24)26/h5-8,10-20,32,43H,3-4,9,21-22H2,1-2H3/b33-30+. The molecule has 7 rings (SSSR count). The zero-order valence-corrected chi connectivity index (χ0v) is 28.1. The number of imidazole rings is 1. The molecule has 0 radical (unpaired) electrons. The van der Waals surface area contributed by atoms with Crippen LogP contribution < -0.4 is 9.64 Å². The second kappa shape index (κ2) is 13.6. The van der Waals surface area contributed by atoms with Gasteiger partial charge in [0.05, 0.1) is 23.9 Å². The highest BCUT2D eigenvalue weighted by Gasteiger charge is 2.49. The lowest BCUT2D eigenvalue weighted by Crippen LogP contribution is -2.29. The summed E-state index contributed by atoms with van der Waals surface area (Å²) in [5, 5.41) is 23.2. The maximum Gasteiger partial charge on any atom is 0.301 e. The molecule has 0 bridgehead atoms. The Balaban J connectivity index is 1.25. The summed E-state index contributed by atoms with van der Waals surface area (Å²) in [6.07, 6.45) is 4.90. The minimum Gasteiger partial charge on any atom is -0.505 e. The van der Waals surface area contributed by atoms with Crippen molar-refractivity contribution in [3.63, 3.8) is 0 Å². The van der Waals surface area contributed by atoms with Crippen molar-refractivity contribution >= 4 is 62.1 Å². The fourth-order valence-electron chi connectivity index (χ4n) is 6.08. The Bertz CT molecular complexity index is 2170. The number of fused-ring (bicyclic) bond motifs is 2. The van der Waals surface area contributed by atoms with Crippen LogP contribution in [0, 0.1) is 6.92 Å². The molecular weight excluding hydrogens is 643 g/mol. The molecule has 0 aliphatic carbocycles. The number of nitrogens with zero attached hydrogens (tertiary/aromatic N) is 5. The number of thioether (sulfide) groups is 1. The molecule has 1 fully saturated rings. The number of aliphatic hydroxyl groups is 1. The Hall–Kier alpha value is -5.00. The average molecular weight is 676 g/mol. The highest BCUT2D eigenvalue weighted by molar-refractivity contribution is 8.00. The number of rotatable bonds is 11. The molecule has 11 heteroatoms. The predicted octanol–water partition coefficient (Wildman–Crippen LogP) is 8.14. The summed E-state index contributed by atoms with van der Waals surface area (Å²) < 4.78 is 8.30. The number of aromatic nitrogens is 4. The number of anilines is 1. The molecule has 1 unspecified atom stereocenters. The number of benzene rings is 3. The second-order valence-corrected chi connectivity index (χ2v) is 13.7. The molecule has 48 heavy (non-hydrogen) atoms. The van der Waals surface area contributed by atoms with Gasteiger partial charge in [0.25, 0.3) is 5.78 Å². The van der Waals surface area contributed by atoms with Gasteiger partial charge in [0.1, 0.15) is 17.1 Å². The van der Waals surface area contributed by atoms with Crippen LogP contribution in [-0.2, 0) is 15.3 Å². The zero-order valence-electron chi connectivity index (χ0n) is 26.5. The first-order valence-corrected chi connectivity index (χ1v) is 17.7. The topological polar surface area (TPSA) is 110 Å². The molecule has 0 spiro atoms. The normalized spacial score (nSPS) is 16.0. The summed E-state index contributed by atoms with van der Waals surface area (Å²) in [4.78, 5) is 33.6. The third-order valence-corrected chi connectivity index (χ3v) is 10.5. The number of hydrogen-bond acceptors (Lipinski definition) is 9. The van der Waals surface area contributed by atoms with E-state index >= 15 is 0 Å². The number of amides is 1. The van der Waals surface area contributed by atoms with Crippen molar-refractivity contribution < 1.29 is 19.4 Å². The van der Waals surface area contributed by atoms with Gasteiger partial charge in [0.2, 0.25) is 5.13 Å². The van der Waals surface area contributed by atoms with Gasteiger partial charge in [-0.25, -0.2) is 4.98 Å². The van der Waals surface area contributed by atoms with E-state index in [2.05, 4.69) is 46.4 Å². The van der Waals surface area contributed by atoms with Crippen molar-refractivity contribution in [2.45, 2.75) is 49.2 Å². The third kappa shape index (κ3) is 5.95. The number of carbonyl (C=O) groups excluding carboxylic acids is 2. The first-order valence-electron chi connectivity index (χ1n) is 15.9. The number of ether oxygens (including phenoxy) is 1. The molecule has 1 aliphatic rings. The van der Waals surface area contributed by atoms with E-state index in [9.17, 15) is 14.7 Å². The summed E-state index contributed by atoms with van der Waals surface area (Å²) in [7, 11) is 0. The van der Waals surface area contributed by atoms with E-state index in [0.29, 0.717) is 45.0 Å². The van der Waals surface area contributed by atoms with Gasteiger partial charge >= 0.3 is 5.91 Å². The lowest BCUT2D eigenvalue weighted by Gasteiger charge is -2.22. The van der Waals surface area contributed by atoms with Gasteiger partial charge in [-0.1, -0.05) is 104 Å². The van der Waals surface area contributed by atoms with Crippen LogP contribution >= 0.6 is 23.1 Å². The monoisotopic (exact) mass is 675 g/mol. The van der Waals surface area contributed by atoms with E-state index in [4.69, 9.17) is 4.74 Å². The van der Waals surface area contributed by atoms with Crippen LogP contribution in [-0.4, -0.2) is 43.0 Å². The minimum atomic E-state index is -0.948. The van der Waals surface area contributed by atoms with Gasteiger partial charge in [-0.2, -0.15) is 0 Å². The van der Waals surface area contributed by atoms with Crippen molar-refractivity contribution in [2.24, 2.45) is 0 Å². The lowest BCUT2D eigenvalue weighted by atomic mass is 9.96. The molecule has 1 aliphatic heterocycles. The van der Waals surface area contributed by atoms with Crippen LogP contribution in [0.3, 0.4) is 0 Å². The van der Waals surface area contributed by atoms with E-state index < -0.39 is 17.7 Å². The molecule has 9 nitrogen and oxygen atoms in total. The van der Waals surface area contributed by atoms with Crippen LogP contribution in [0.4, 0.5) is 5.13 Å². The van der Waals surface area contributed by atoms with E-state index in [0.717, 1.165) is 30.2 Å². The fraction of sp³-hybridized carbons (Fsp3) is 0.216. The van der Waals surface area contributed by atoms with Crippen LogP contribution in [0.2, 0.25) is 0 Å². The number of ketones is 1. The summed E-state index contributed by atoms with van der Waals surface area (Å²) in [5.74, 6) is -0.539. The Morgan fingerprint density at radius 3 is 2.58 bits per heavy atom. The lowest BCUT2D eigenvalue weighted by molar-refractivity contribution is -0.132. The van der Waals surface area contributed by atoms with E-state index in [1.165, 1.54) is 33.4 Å². The summed E-state index contributed by atoms with van der Waals surface area (Å²) in [5.41, 5.74) is 3.25. The Labute approximate surface area is 285 Å². The molecule has 3 aromatic carbocycles. The first-order chi connectivity index (χ1) is 23.4. The van der Waals surface area contributed by atoms with Crippen LogP contribution in [0.1, 0.15) is 54.7 Å². The molecule has 1 atom stereocenters.